The van der Waals surface area contributed by atoms with Crippen LogP contribution in [-0.2, 0) is 32.7 Å². The molecule has 1 radical (unpaired) electrons. The van der Waals surface area contributed by atoms with Crippen molar-refractivity contribution in [1.82, 2.24) is 0 Å². The fourth-order valence-electron chi connectivity index (χ4n) is 0.102. The van der Waals surface area contributed by atoms with Crippen LogP contribution >= 0.6 is 0 Å². The van der Waals surface area contributed by atoms with E-state index in [4.69, 9.17) is 11.5 Å². The van der Waals surface area contributed by atoms with Gasteiger partial charge in [-0.05, 0) is 6.54 Å². The van der Waals surface area contributed by atoms with Crippen LogP contribution in [0.5, 0.6) is 0 Å². The minimum atomic E-state index is 0. The van der Waals surface area contributed by atoms with Crippen molar-refractivity contribution in [2.24, 2.45) is 5.73 Å². The molecule has 0 aromatic heterocycles. The summed E-state index contributed by atoms with van der Waals surface area (Å²) in [5.74, 6) is 0. The SMILES string of the molecule is [NH-]CCCN.[Y]. The number of hydrogen-bond donors (Lipinski definition) is 1. The first-order chi connectivity index (χ1) is 2.41. The van der Waals surface area contributed by atoms with Gasteiger partial charge < -0.3 is 11.5 Å². The van der Waals surface area contributed by atoms with Crippen molar-refractivity contribution in [3.05, 3.63) is 5.73 Å². The van der Waals surface area contributed by atoms with E-state index in [1.807, 2.05) is 0 Å². The summed E-state index contributed by atoms with van der Waals surface area (Å²) in [4.78, 5) is 0. The summed E-state index contributed by atoms with van der Waals surface area (Å²) >= 11 is 0. The third-order valence-corrected chi connectivity index (χ3v) is 0.381. The Balaban J connectivity index is 0. The molecule has 0 unspecified atom stereocenters. The van der Waals surface area contributed by atoms with E-state index in [9.17, 15) is 0 Å². The summed E-state index contributed by atoms with van der Waals surface area (Å²) < 4.78 is 0. The van der Waals surface area contributed by atoms with Crippen molar-refractivity contribution in [3.8, 4) is 0 Å². The summed E-state index contributed by atoms with van der Waals surface area (Å²) in [6.07, 6.45) is 0.833. The largest absolute Gasteiger partial charge is 0.677 e. The predicted octanol–water partition coefficient (Wildman–Crippen LogP) is 0.385. The summed E-state index contributed by atoms with van der Waals surface area (Å²) in [5, 5.41) is 0. The quantitative estimate of drug-likeness (QED) is 0.627. The van der Waals surface area contributed by atoms with Gasteiger partial charge in [-0.25, -0.2) is 0 Å². The van der Waals surface area contributed by atoms with Crippen LogP contribution in [0.1, 0.15) is 6.42 Å². The molecule has 0 amide bonds. The molecule has 0 aliphatic carbocycles. The van der Waals surface area contributed by atoms with Gasteiger partial charge in [-0.2, -0.15) is 0 Å². The molecule has 0 saturated carbocycles. The molecular weight excluding hydrogens is 153 g/mol. The van der Waals surface area contributed by atoms with Gasteiger partial charge in [-0.3, -0.25) is 0 Å². The van der Waals surface area contributed by atoms with E-state index in [2.05, 4.69) is 0 Å². The zero-order valence-electron chi connectivity index (χ0n) is 3.78. The van der Waals surface area contributed by atoms with Crippen LogP contribution in [0.4, 0.5) is 0 Å². The molecule has 6 heavy (non-hydrogen) atoms. The Morgan fingerprint density at radius 3 is 2.00 bits per heavy atom. The Labute approximate surface area is 63.5 Å². The van der Waals surface area contributed by atoms with Crippen LogP contribution in [0.3, 0.4) is 0 Å². The van der Waals surface area contributed by atoms with Gasteiger partial charge in [-0.15, -0.1) is 6.54 Å². The van der Waals surface area contributed by atoms with Gasteiger partial charge in [0.2, 0.25) is 0 Å². The molecule has 2 nitrogen and oxygen atoms in total. The second-order valence-corrected chi connectivity index (χ2v) is 0.892. The molecule has 0 fully saturated rings. The van der Waals surface area contributed by atoms with Crippen molar-refractivity contribution in [2.75, 3.05) is 13.1 Å². The number of hydrogen-bond acceptors (Lipinski definition) is 1. The second-order valence-electron chi connectivity index (χ2n) is 0.892. The number of nitrogens with two attached hydrogens (primary N) is 1. The van der Waals surface area contributed by atoms with Crippen LogP contribution in [0.2, 0.25) is 0 Å². The van der Waals surface area contributed by atoms with E-state index in [0.717, 1.165) is 6.42 Å². The monoisotopic (exact) mass is 162 g/mol. The molecule has 0 aromatic rings. The Bertz CT molecular complexity index is 16.3. The van der Waals surface area contributed by atoms with E-state index in [-0.39, 0.29) is 32.7 Å². The molecule has 0 aliphatic rings. The first-order valence-electron chi connectivity index (χ1n) is 1.76. The average molecular weight is 162 g/mol. The van der Waals surface area contributed by atoms with Gasteiger partial charge in [0.25, 0.3) is 0 Å². The molecule has 0 bridgehead atoms. The second kappa shape index (κ2) is 9.39. The first kappa shape index (κ1) is 10.1. The molecule has 0 atom stereocenters. The summed E-state index contributed by atoms with van der Waals surface area (Å²) in [5.41, 5.74) is 11.5. The van der Waals surface area contributed by atoms with Gasteiger partial charge in [0.1, 0.15) is 0 Å². The minimum Gasteiger partial charge on any atom is -0.677 e. The summed E-state index contributed by atoms with van der Waals surface area (Å²) in [6, 6.07) is 0. The van der Waals surface area contributed by atoms with E-state index in [0.29, 0.717) is 13.1 Å². The van der Waals surface area contributed by atoms with E-state index in [1.54, 1.807) is 0 Å². The smallest absolute Gasteiger partial charge is 0 e. The Morgan fingerprint density at radius 2 is 2.00 bits per heavy atom. The van der Waals surface area contributed by atoms with Crippen LogP contribution in [0.15, 0.2) is 0 Å². The zero-order chi connectivity index (χ0) is 4.12. The third kappa shape index (κ3) is 8.90. The average Bonchev–Trinajstić information content (AvgIpc) is 1.41. The van der Waals surface area contributed by atoms with Crippen LogP contribution < -0.4 is 5.73 Å². The summed E-state index contributed by atoms with van der Waals surface area (Å²) in [6.45, 7) is 1.12. The maximum absolute atomic E-state index is 6.52. The Kier molecular flexibility index (Phi) is 15.8. The van der Waals surface area contributed by atoms with Crippen molar-refractivity contribution < 1.29 is 32.7 Å². The van der Waals surface area contributed by atoms with Crippen LogP contribution in [0.25, 0.3) is 5.73 Å². The third-order valence-electron chi connectivity index (χ3n) is 0.381. The molecular formula is C3H9N2Y-. The van der Waals surface area contributed by atoms with E-state index in [1.165, 1.54) is 0 Å². The van der Waals surface area contributed by atoms with Crippen molar-refractivity contribution in [3.63, 3.8) is 0 Å². The fourth-order valence-corrected chi connectivity index (χ4v) is 0.102. The van der Waals surface area contributed by atoms with Gasteiger partial charge in [0.05, 0.1) is 0 Å². The Morgan fingerprint density at radius 1 is 1.50 bits per heavy atom. The molecule has 0 rings (SSSR count). The Hall–Kier alpha value is 1.02. The molecule has 3 N–H and O–H groups in total. The van der Waals surface area contributed by atoms with Gasteiger partial charge >= 0.3 is 0 Å². The molecule has 0 heterocycles. The van der Waals surface area contributed by atoms with Crippen LogP contribution in [0, 0.1) is 0 Å². The predicted molar refractivity (Wildman–Crippen MR) is 22.9 cm³/mol. The normalized spacial score (nSPS) is 7.00. The van der Waals surface area contributed by atoms with Gasteiger partial charge in [0, 0.05) is 32.7 Å². The fraction of sp³-hybridized carbons (Fsp3) is 1.00. The van der Waals surface area contributed by atoms with Gasteiger partial charge in [0.15, 0.2) is 0 Å². The standard InChI is InChI=1S/C3H9N2.Y/c4-2-1-3-5;/h4H,1-3,5H2;/q-1;. The summed E-state index contributed by atoms with van der Waals surface area (Å²) in [7, 11) is 0. The zero-order valence-corrected chi connectivity index (χ0v) is 6.61. The molecule has 3 heteroatoms. The molecule has 0 saturated heterocycles. The number of rotatable bonds is 2. The van der Waals surface area contributed by atoms with Crippen LogP contribution in [-0.4, -0.2) is 13.1 Å². The van der Waals surface area contributed by atoms with Crippen molar-refractivity contribution >= 4 is 0 Å². The molecule has 0 aliphatic heterocycles. The first-order valence-corrected chi connectivity index (χ1v) is 1.76. The topological polar surface area (TPSA) is 49.8 Å². The van der Waals surface area contributed by atoms with Gasteiger partial charge in [-0.1, -0.05) is 6.42 Å². The van der Waals surface area contributed by atoms with E-state index < -0.39 is 0 Å². The van der Waals surface area contributed by atoms with E-state index >= 15 is 0 Å². The molecule has 35 valence electrons. The molecule has 0 spiro atoms. The number of nitrogens with one attached hydrogen (secondary N) is 1. The molecule has 0 aromatic carbocycles. The maximum Gasteiger partial charge on any atom is 0 e. The maximum atomic E-state index is 6.52. The van der Waals surface area contributed by atoms with Crippen molar-refractivity contribution in [2.45, 2.75) is 6.42 Å². The minimum absolute atomic E-state index is 0. The van der Waals surface area contributed by atoms with Crippen molar-refractivity contribution in [1.29, 1.82) is 0 Å².